The third kappa shape index (κ3) is 3.11. The zero-order valence-corrected chi connectivity index (χ0v) is 12.5. The number of methoxy groups -OCH3 is 1. The van der Waals surface area contributed by atoms with E-state index in [1.165, 1.54) is 31.4 Å². The number of aryl methyl sites for hydroxylation is 1. The van der Waals surface area contributed by atoms with Gasteiger partial charge in [-0.3, -0.25) is 4.68 Å². The predicted octanol–water partition coefficient (Wildman–Crippen LogP) is 2.94. The van der Waals surface area contributed by atoms with Crippen LogP contribution in [0, 0.1) is 0 Å². The number of hydrogen-bond acceptors (Lipinski definition) is 3. The van der Waals surface area contributed by atoms with Gasteiger partial charge in [0, 0.05) is 18.5 Å². The minimum Gasteiger partial charge on any atom is -0.493 e. The van der Waals surface area contributed by atoms with Gasteiger partial charge in [-0.15, -0.1) is 0 Å². The number of likely N-dealkylation sites (N-methyl/N-ethyl adjacent to an activating group) is 1. The number of nitrogens with one attached hydrogen (secondary N) is 1. The maximum absolute atomic E-state index is 5.54. The van der Waals surface area contributed by atoms with Gasteiger partial charge in [0.15, 0.2) is 5.75 Å². The number of hydrogen-bond donors (Lipinski definition) is 1. The fourth-order valence-electron chi connectivity index (χ4n) is 3.26. The second-order valence-corrected chi connectivity index (χ2v) is 5.38. The topological polar surface area (TPSA) is 39.1 Å². The van der Waals surface area contributed by atoms with Crippen LogP contribution in [0.2, 0.25) is 0 Å². The summed E-state index contributed by atoms with van der Waals surface area (Å²) in [5.74, 6) is 1.50. The quantitative estimate of drug-likeness (QED) is 0.859. The van der Waals surface area contributed by atoms with E-state index in [4.69, 9.17) is 4.74 Å². The van der Waals surface area contributed by atoms with Crippen LogP contribution in [0.1, 0.15) is 57.6 Å². The SMILES string of the molecule is CCCn1ncc(OC)c1C1CCCCC1NCC. The van der Waals surface area contributed by atoms with Crippen molar-refractivity contribution in [3.63, 3.8) is 0 Å². The molecule has 2 atom stereocenters. The first kappa shape index (κ1) is 14.4. The van der Waals surface area contributed by atoms with E-state index < -0.39 is 0 Å². The van der Waals surface area contributed by atoms with Crippen molar-refractivity contribution in [1.29, 1.82) is 0 Å². The molecule has 1 N–H and O–H groups in total. The molecule has 0 radical (unpaired) electrons. The molecule has 1 saturated carbocycles. The third-order valence-corrected chi connectivity index (χ3v) is 4.08. The highest BCUT2D eigenvalue weighted by molar-refractivity contribution is 5.30. The molecule has 0 aliphatic heterocycles. The molecule has 4 nitrogen and oxygen atoms in total. The van der Waals surface area contributed by atoms with E-state index in [2.05, 4.69) is 28.9 Å². The fourth-order valence-corrected chi connectivity index (χ4v) is 3.26. The highest BCUT2D eigenvalue weighted by Crippen LogP contribution is 2.37. The summed E-state index contributed by atoms with van der Waals surface area (Å²) in [5.41, 5.74) is 1.30. The first-order chi connectivity index (χ1) is 9.31. The minimum absolute atomic E-state index is 0.540. The van der Waals surface area contributed by atoms with Gasteiger partial charge in [0.25, 0.3) is 0 Å². The molecule has 1 aromatic rings. The summed E-state index contributed by atoms with van der Waals surface area (Å²) in [7, 11) is 1.75. The van der Waals surface area contributed by atoms with Gasteiger partial charge in [0.05, 0.1) is 19.0 Å². The molecular formula is C15H27N3O. The summed E-state index contributed by atoms with van der Waals surface area (Å²) >= 11 is 0. The molecule has 4 heteroatoms. The Labute approximate surface area is 116 Å². The molecule has 108 valence electrons. The van der Waals surface area contributed by atoms with Crippen LogP contribution in [0.25, 0.3) is 0 Å². The van der Waals surface area contributed by atoms with E-state index in [0.29, 0.717) is 12.0 Å². The highest BCUT2D eigenvalue weighted by atomic mass is 16.5. The Balaban J connectivity index is 2.28. The van der Waals surface area contributed by atoms with Gasteiger partial charge in [-0.2, -0.15) is 5.10 Å². The predicted molar refractivity (Wildman–Crippen MR) is 77.7 cm³/mol. The molecular weight excluding hydrogens is 238 g/mol. The average molecular weight is 265 g/mol. The Bertz CT molecular complexity index is 387. The molecule has 0 spiro atoms. The lowest BCUT2D eigenvalue weighted by molar-refractivity contribution is 0.307. The van der Waals surface area contributed by atoms with Crippen LogP contribution >= 0.6 is 0 Å². The van der Waals surface area contributed by atoms with Gasteiger partial charge in [0.2, 0.25) is 0 Å². The molecule has 2 unspecified atom stereocenters. The lowest BCUT2D eigenvalue weighted by atomic mass is 9.82. The highest BCUT2D eigenvalue weighted by Gasteiger charge is 2.31. The van der Waals surface area contributed by atoms with E-state index in [9.17, 15) is 0 Å². The summed E-state index contributed by atoms with van der Waals surface area (Å²) < 4.78 is 7.69. The van der Waals surface area contributed by atoms with E-state index >= 15 is 0 Å². The van der Waals surface area contributed by atoms with Gasteiger partial charge in [0.1, 0.15) is 0 Å². The van der Waals surface area contributed by atoms with Crippen molar-refractivity contribution in [2.24, 2.45) is 0 Å². The van der Waals surface area contributed by atoms with Gasteiger partial charge in [-0.05, 0) is 25.8 Å². The smallest absolute Gasteiger partial charge is 0.160 e. The molecule has 1 aliphatic rings. The van der Waals surface area contributed by atoms with Gasteiger partial charge < -0.3 is 10.1 Å². The molecule has 0 saturated heterocycles. The van der Waals surface area contributed by atoms with Crippen molar-refractivity contribution in [3.8, 4) is 5.75 Å². The molecule has 1 fully saturated rings. The summed E-state index contributed by atoms with van der Waals surface area (Å²) in [6.07, 6.45) is 8.13. The molecule has 0 aromatic carbocycles. The van der Waals surface area contributed by atoms with Crippen LogP contribution in [-0.2, 0) is 6.54 Å². The summed E-state index contributed by atoms with van der Waals surface area (Å²) in [4.78, 5) is 0. The molecule has 0 bridgehead atoms. The zero-order valence-electron chi connectivity index (χ0n) is 12.5. The van der Waals surface area contributed by atoms with Gasteiger partial charge in [-0.1, -0.05) is 26.7 Å². The lowest BCUT2D eigenvalue weighted by Gasteiger charge is -2.33. The number of aromatic nitrogens is 2. The normalized spacial score (nSPS) is 23.5. The second kappa shape index (κ2) is 6.94. The Morgan fingerprint density at radius 2 is 2.16 bits per heavy atom. The van der Waals surface area contributed by atoms with Crippen LogP contribution in [0.15, 0.2) is 6.20 Å². The van der Waals surface area contributed by atoms with Gasteiger partial charge >= 0.3 is 0 Å². The monoisotopic (exact) mass is 265 g/mol. The minimum atomic E-state index is 0.540. The van der Waals surface area contributed by atoms with E-state index in [-0.39, 0.29) is 0 Å². The van der Waals surface area contributed by atoms with Crippen molar-refractivity contribution < 1.29 is 4.74 Å². The molecule has 19 heavy (non-hydrogen) atoms. The molecule has 2 rings (SSSR count). The van der Waals surface area contributed by atoms with Crippen molar-refractivity contribution in [2.45, 2.75) is 64.5 Å². The first-order valence-corrected chi connectivity index (χ1v) is 7.64. The fraction of sp³-hybridized carbons (Fsp3) is 0.800. The molecule has 1 aliphatic carbocycles. The Hall–Kier alpha value is -1.03. The van der Waals surface area contributed by atoms with Crippen molar-refractivity contribution in [2.75, 3.05) is 13.7 Å². The standard InChI is InChI=1S/C15H27N3O/c1-4-10-18-15(14(19-3)11-17-18)12-8-6-7-9-13(12)16-5-2/h11-13,16H,4-10H2,1-3H3. The molecule has 1 aromatic heterocycles. The van der Waals surface area contributed by atoms with Crippen LogP contribution in [0.4, 0.5) is 0 Å². The third-order valence-electron chi connectivity index (χ3n) is 4.08. The van der Waals surface area contributed by atoms with Crippen molar-refractivity contribution in [1.82, 2.24) is 15.1 Å². The zero-order chi connectivity index (χ0) is 13.7. The van der Waals surface area contributed by atoms with E-state index in [1.54, 1.807) is 7.11 Å². The summed E-state index contributed by atoms with van der Waals surface area (Å²) in [6, 6.07) is 0.569. The number of nitrogens with zero attached hydrogens (tertiary/aromatic N) is 2. The van der Waals surface area contributed by atoms with Crippen LogP contribution < -0.4 is 10.1 Å². The summed E-state index contributed by atoms with van der Waals surface area (Å²) in [6.45, 7) is 6.40. The number of ether oxygens (including phenoxy) is 1. The average Bonchev–Trinajstić information content (AvgIpc) is 2.83. The maximum Gasteiger partial charge on any atom is 0.160 e. The summed E-state index contributed by atoms with van der Waals surface area (Å²) in [5, 5.41) is 8.16. The van der Waals surface area contributed by atoms with E-state index in [0.717, 1.165) is 25.3 Å². The van der Waals surface area contributed by atoms with Crippen molar-refractivity contribution in [3.05, 3.63) is 11.9 Å². The first-order valence-electron chi connectivity index (χ1n) is 7.64. The Kier molecular flexibility index (Phi) is 5.25. The van der Waals surface area contributed by atoms with Crippen LogP contribution in [0.3, 0.4) is 0 Å². The van der Waals surface area contributed by atoms with Crippen molar-refractivity contribution >= 4 is 0 Å². The lowest BCUT2D eigenvalue weighted by Crippen LogP contribution is -2.38. The maximum atomic E-state index is 5.54. The Morgan fingerprint density at radius 1 is 1.37 bits per heavy atom. The second-order valence-electron chi connectivity index (χ2n) is 5.38. The van der Waals surface area contributed by atoms with Gasteiger partial charge in [-0.25, -0.2) is 0 Å². The largest absolute Gasteiger partial charge is 0.493 e. The number of rotatable bonds is 6. The Morgan fingerprint density at radius 3 is 2.84 bits per heavy atom. The van der Waals surface area contributed by atoms with Crippen LogP contribution in [0.5, 0.6) is 5.75 Å². The molecule has 1 heterocycles. The van der Waals surface area contributed by atoms with Crippen LogP contribution in [-0.4, -0.2) is 29.5 Å². The molecule has 0 amide bonds. The van der Waals surface area contributed by atoms with E-state index in [1.807, 2.05) is 6.20 Å².